The topological polar surface area (TPSA) is 49.3 Å². The molecule has 5 heteroatoms. The van der Waals surface area contributed by atoms with Crippen LogP contribution in [0, 0.1) is 5.92 Å². The summed E-state index contributed by atoms with van der Waals surface area (Å²) in [6.07, 6.45) is 3.37. The molecular weight excluding hydrogens is 312 g/mol. The minimum atomic E-state index is -0.0273. The van der Waals surface area contributed by atoms with Crippen LogP contribution in [0.1, 0.15) is 41.4 Å². The fraction of sp³-hybridized carbons (Fsp3) is 0.450. The first kappa shape index (κ1) is 16.1. The molecule has 0 radical (unpaired) electrons. The second-order valence-corrected chi connectivity index (χ2v) is 7.22. The van der Waals surface area contributed by atoms with Gasteiger partial charge in [-0.2, -0.15) is 0 Å². The first-order chi connectivity index (χ1) is 12.2. The highest BCUT2D eigenvalue weighted by Crippen LogP contribution is 2.22. The van der Waals surface area contributed by atoms with Crippen LogP contribution < -0.4 is 4.90 Å². The lowest BCUT2D eigenvalue weighted by Gasteiger charge is -2.31. The van der Waals surface area contributed by atoms with E-state index in [1.807, 2.05) is 23.1 Å². The normalized spacial score (nSPS) is 20.3. The largest absolute Gasteiger partial charge is 0.355 e. The molecule has 3 heterocycles. The predicted molar refractivity (Wildman–Crippen MR) is 97.5 cm³/mol. The summed E-state index contributed by atoms with van der Waals surface area (Å²) in [6.45, 7) is 5.71. The summed E-state index contributed by atoms with van der Waals surface area (Å²) in [5.74, 6) is 1.54. The molecule has 0 bridgehead atoms. The van der Waals surface area contributed by atoms with Crippen molar-refractivity contribution in [2.45, 2.75) is 32.7 Å². The number of carbonyl (C=O) groups excluding carboxylic acids is 1. The van der Waals surface area contributed by atoms with E-state index in [0.717, 1.165) is 31.9 Å². The van der Waals surface area contributed by atoms with Crippen molar-refractivity contribution in [3.05, 3.63) is 53.2 Å². The number of carbonyl (C=O) groups is 1. The van der Waals surface area contributed by atoms with Crippen molar-refractivity contribution in [1.82, 2.24) is 15.1 Å². The fourth-order valence-electron chi connectivity index (χ4n) is 3.84. The van der Waals surface area contributed by atoms with Gasteiger partial charge in [0.15, 0.2) is 11.5 Å². The maximum Gasteiger partial charge on any atom is 0.274 e. The van der Waals surface area contributed by atoms with Gasteiger partial charge in [-0.1, -0.05) is 31.2 Å². The van der Waals surface area contributed by atoms with E-state index in [0.29, 0.717) is 18.2 Å². The SMILES string of the molecule is CC1CCCN(c2ccc(C(=O)N3CCc4ccccc4C3)nn2)C1. The standard InChI is InChI=1S/C20H24N4O/c1-15-5-4-11-23(13-15)19-9-8-18(21-22-19)20(25)24-12-10-16-6-2-3-7-17(16)14-24/h2-3,6-9,15H,4-5,10-14H2,1H3. The molecule has 1 unspecified atom stereocenters. The molecule has 0 aliphatic carbocycles. The number of aromatic nitrogens is 2. The van der Waals surface area contributed by atoms with Crippen LogP contribution in [0.2, 0.25) is 0 Å². The minimum Gasteiger partial charge on any atom is -0.355 e. The number of piperidine rings is 1. The Labute approximate surface area is 148 Å². The van der Waals surface area contributed by atoms with E-state index in [9.17, 15) is 4.79 Å². The van der Waals surface area contributed by atoms with E-state index in [2.05, 4.69) is 40.2 Å². The van der Waals surface area contributed by atoms with Crippen LogP contribution in [0.4, 0.5) is 5.82 Å². The average Bonchev–Trinajstić information content (AvgIpc) is 2.67. The maximum atomic E-state index is 12.8. The molecule has 1 aromatic carbocycles. The molecule has 2 aliphatic rings. The third-order valence-electron chi connectivity index (χ3n) is 5.27. The van der Waals surface area contributed by atoms with E-state index in [-0.39, 0.29) is 5.91 Å². The van der Waals surface area contributed by atoms with Crippen molar-refractivity contribution in [1.29, 1.82) is 0 Å². The average molecular weight is 336 g/mol. The number of fused-ring (bicyclic) bond motifs is 1. The van der Waals surface area contributed by atoms with E-state index >= 15 is 0 Å². The second kappa shape index (κ2) is 6.82. The molecule has 1 fully saturated rings. The van der Waals surface area contributed by atoms with Gasteiger partial charge in [0.25, 0.3) is 5.91 Å². The van der Waals surface area contributed by atoms with Crippen LogP contribution in [0.3, 0.4) is 0 Å². The Balaban J connectivity index is 1.46. The van der Waals surface area contributed by atoms with Gasteiger partial charge in [-0.05, 0) is 48.4 Å². The molecule has 2 aliphatic heterocycles. The van der Waals surface area contributed by atoms with Gasteiger partial charge < -0.3 is 9.80 Å². The zero-order chi connectivity index (χ0) is 17.2. The molecule has 4 rings (SSSR count). The molecule has 25 heavy (non-hydrogen) atoms. The Morgan fingerprint density at radius 1 is 1.08 bits per heavy atom. The summed E-state index contributed by atoms with van der Waals surface area (Å²) in [5, 5.41) is 8.55. The summed E-state index contributed by atoms with van der Waals surface area (Å²) < 4.78 is 0. The molecule has 1 aromatic heterocycles. The van der Waals surface area contributed by atoms with E-state index < -0.39 is 0 Å². The van der Waals surface area contributed by atoms with E-state index in [1.165, 1.54) is 24.0 Å². The van der Waals surface area contributed by atoms with Crippen LogP contribution in [0.5, 0.6) is 0 Å². The fourth-order valence-corrected chi connectivity index (χ4v) is 3.84. The van der Waals surface area contributed by atoms with Crippen molar-refractivity contribution < 1.29 is 4.79 Å². The molecule has 1 saturated heterocycles. The Bertz CT molecular complexity index is 759. The van der Waals surface area contributed by atoms with Crippen LogP contribution in [-0.4, -0.2) is 40.6 Å². The molecular formula is C20H24N4O. The monoisotopic (exact) mass is 336 g/mol. The van der Waals surface area contributed by atoms with Gasteiger partial charge in [-0.25, -0.2) is 0 Å². The number of hydrogen-bond donors (Lipinski definition) is 0. The number of nitrogens with zero attached hydrogens (tertiary/aromatic N) is 4. The summed E-state index contributed by atoms with van der Waals surface area (Å²) in [4.78, 5) is 16.9. The van der Waals surface area contributed by atoms with Gasteiger partial charge >= 0.3 is 0 Å². The van der Waals surface area contributed by atoms with Crippen molar-refractivity contribution in [3.8, 4) is 0 Å². The molecule has 130 valence electrons. The highest BCUT2D eigenvalue weighted by molar-refractivity contribution is 5.92. The molecule has 2 aromatic rings. The number of anilines is 1. The number of hydrogen-bond acceptors (Lipinski definition) is 4. The molecule has 0 saturated carbocycles. The second-order valence-electron chi connectivity index (χ2n) is 7.22. The third-order valence-corrected chi connectivity index (χ3v) is 5.27. The Morgan fingerprint density at radius 2 is 1.92 bits per heavy atom. The first-order valence-electron chi connectivity index (χ1n) is 9.15. The maximum absolute atomic E-state index is 12.8. The Hall–Kier alpha value is -2.43. The highest BCUT2D eigenvalue weighted by Gasteiger charge is 2.23. The highest BCUT2D eigenvalue weighted by atomic mass is 16.2. The summed E-state index contributed by atoms with van der Waals surface area (Å²) in [5.41, 5.74) is 3.01. The number of rotatable bonds is 2. The van der Waals surface area contributed by atoms with Gasteiger partial charge in [-0.15, -0.1) is 10.2 Å². The van der Waals surface area contributed by atoms with Gasteiger partial charge in [0.1, 0.15) is 0 Å². The van der Waals surface area contributed by atoms with Crippen LogP contribution >= 0.6 is 0 Å². The third kappa shape index (κ3) is 3.36. The van der Waals surface area contributed by atoms with Crippen LogP contribution in [-0.2, 0) is 13.0 Å². The number of amides is 1. The summed E-state index contributed by atoms with van der Waals surface area (Å²) >= 11 is 0. The van der Waals surface area contributed by atoms with Gasteiger partial charge in [-0.3, -0.25) is 4.79 Å². The molecule has 0 spiro atoms. The Morgan fingerprint density at radius 3 is 2.68 bits per heavy atom. The van der Waals surface area contributed by atoms with Crippen molar-refractivity contribution in [2.24, 2.45) is 5.92 Å². The Kier molecular flexibility index (Phi) is 4.38. The quantitative estimate of drug-likeness (QED) is 0.846. The van der Waals surface area contributed by atoms with Crippen LogP contribution in [0.25, 0.3) is 0 Å². The van der Waals surface area contributed by atoms with Gasteiger partial charge in [0.05, 0.1) is 0 Å². The lowest BCUT2D eigenvalue weighted by molar-refractivity contribution is 0.0727. The molecule has 1 amide bonds. The summed E-state index contributed by atoms with van der Waals surface area (Å²) in [7, 11) is 0. The number of benzene rings is 1. The van der Waals surface area contributed by atoms with Crippen molar-refractivity contribution >= 4 is 11.7 Å². The lowest BCUT2D eigenvalue weighted by Crippen LogP contribution is -2.37. The van der Waals surface area contributed by atoms with Crippen molar-refractivity contribution in [2.75, 3.05) is 24.5 Å². The van der Waals surface area contributed by atoms with E-state index in [1.54, 1.807) is 0 Å². The van der Waals surface area contributed by atoms with Crippen LogP contribution in [0.15, 0.2) is 36.4 Å². The van der Waals surface area contributed by atoms with E-state index in [4.69, 9.17) is 0 Å². The lowest BCUT2D eigenvalue weighted by atomic mass is 10.00. The summed E-state index contributed by atoms with van der Waals surface area (Å²) in [6, 6.07) is 12.1. The minimum absolute atomic E-state index is 0.0273. The van der Waals surface area contributed by atoms with Gasteiger partial charge in [0, 0.05) is 26.2 Å². The van der Waals surface area contributed by atoms with Crippen molar-refractivity contribution in [3.63, 3.8) is 0 Å². The van der Waals surface area contributed by atoms with Gasteiger partial charge in [0.2, 0.25) is 0 Å². The molecule has 0 N–H and O–H groups in total. The smallest absolute Gasteiger partial charge is 0.274 e. The predicted octanol–water partition coefficient (Wildman–Crippen LogP) is 2.91. The first-order valence-corrected chi connectivity index (χ1v) is 9.15. The zero-order valence-corrected chi connectivity index (χ0v) is 14.7. The zero-order valence-electron chi connectivity index (χ0n) is 14.7. The molecule has 5 nitrogen and oxygen atoms in total. The molecule has 1 atom stereocenters.